The van der Waals surface area contributed by atoms with E-state index in [9.17, 15) is 4.79 Å². The lowest BCUT2D eigenvalue weighted by Crippen LogP contribution is -2.00. The van der Waals surface area contributed by atoms with E-state index in [4.69, 9.17) is 4.74 Å². The molecule has 0 atom stereocenters. The van der Waals surface area contributed by atoms with Gasteiger partial charge in [0.15, 0.2) is 5.78 Å². The number of hydrogen-bond acceptors (Lipinski definition) is 2. The normalized spacial score (nSPS) is 11.2. The molecule has 0 aliphatic heterocycles. The maximum atomic E-state index is 12.3. The summed E-state index contributed by atoms with van der Waals surface area (Å²) in [4.78, 5) is 12.3. The summed E-state index contributed by atoms with van der Waals surface area (Å²) >= 11 is 0. The molecule has 0 fully saturated rings. The van der Waals surface area contributed by atoms with Gasteiger partial charge in [0.05, 0.1) is 7.11 Å². The molecule has 19 heavy (non-hydrogen) atoms. The standard InChI is InChI=1S/C17H16O2/c1-13(11-14-7-4-3-5-8-14)17(18)15-9-6-10-16(12-15)19-2/h3-12H,1-2H3. The monoisotopic (exact) mass is 252 g/mol. The van der Waals surface area contributed by atoms with Crippen LogP contribution in [0.2, 0.25) is 0 Å². The number of carbonyl (C=O) groups is 1. The molecule has 0 aliphatic carbocycles. The number of benzene rings is 2. The van der Waals surface area contributed by atoms with Gasteiger partial charge in [0.25, 0.3) is 0 Å². The second-order valence-corrected chi connectivity index (χ2v) is 4.30. The van der Waals surface area contributed by atoms with Crippen molar-refractivity contribution in [2.75, 3.05) is 7.11 Å². The molecule has 0 N–H and O–H groups in total. The minimum Gasteiger partial charge on any atom is -0.497 e. The first-order chi connectivity index (χ1) is 9.20. The number of rotatable bonds is 4. The van der Waals surface area contributed by atoms with E-state index >= 15 is 0 Å². The summed E-state index contributed by atoms with van der Waals surface area (Å²) < 4.78 is 5.13. The number of ketones is 1. The van der Waals surface area contributed by atoms with Crippen molar-refractivity contribution in [1.29, 1.82) is 0 Å². The smallest absolute Gasteiger partial charge is 0.188 e. The molecule has 2 aromatic carbocycles. The fourth-order valence-electron chi connectivity index (χ4n) is 1.86. The topological polar surface area (TPSA) is 26.3 Å². The minimum atomic E-state index is 0.0164. The van der Waals surface area contributed by atoms with Crippen molar-refractivity contribution >= 4 is 11.9 Å². The molecule has 0 aliphatic rings. The molecule has 0 unspecified atom stereocenters. The Labute approximate surface area is 113 Å². The number of allylic oxidation sites excluding steroid dienone is 1. The maximum Gasteiger partial charge on any atom is 0.188 e. The Balaban J connectivity index is 2.26. The van der Waals surface area contributed by atoms with Crippen LogP contribution in [0.15, 0.2) is 60.2 Å². The van der Waals surface area contributed by atoms with E-state index in [0.29, 0.717) is 16.9 Å². The Morgan fingerprint density at radius 3 is 2.47 bits per heavy atom. The third kappa shape index (κ3) is 3.32. The fraction of sp³-hybridized carbons (Fsp3) is 0.118. The van der Waals surface area contributed by atoms with Gasteiger partial charge in [-0.15, -0.1) is 0 Å². The molecule has 2 rings (SSSR count). The second-order valence-electron chi connectivity index (χ2n) is 4.30. The van der Waals surface area contributed by atoms with Crippen molar-refractivity contribution in [3.63, 3.8) is 0 Å². The summed E-state index contributed by atoms with van der Waals surface area (Å²) in [7, 11) is 1.59. The second kappa shape index (κ2) is 6.01. The summed E-state index contributed by atoms with van der Waals surface area (Å²) in [5, 5.41) is 0. The third-order valence-electron chi connectivity index (χ3n) is 2.87. The molecule has 2 aromatic rings. The molecule has 0 radical (unpaired) electrons. The van der Waals surface area contributed by atoms with Crippen molar-refractivity contribution in [2.24, 2.45) is 0 Å². The van der Waals surface area contributed by atoms with Crippen molar-refractivity contribution < 1.29 is 9.53 Å². The van der Waals surface area contributed by atoms with Gasteiger partial charge >= 0.3 is 0 Å². The molecule has 0 bridgehead atoms. The van der Waals surface area contributed by atoms with E-state index in [1.54, 1.807) is 19.2 Å². The molecule has 0 heterocycles. The third-order valence-corrected chi connectivity index (χ3v) is 2.87. The van der Waals surface area contributed by atoms with Crippen LogP contribution >= 0.6 is 0 Å². The van der Waals surface area contributed by atoms with E-state index in [-0.39, 0.29) is 5.78 Å². The number of Topliss-reactive ketones (excluding diaryl/α,β-unsaturated/α-hetero) is 1. The van der Waals surface area contributed by atoms with Gasteiger partial charge in [0, 0.05) is 5.56 Å². The molecule has 2 nitrogen and oxygen atoms in total. The Morgan fingerprint density at radius 2 is 1.79 bits per heavy atom. The number of hydrogen-bond donors (Lipinski definition) is 0. The SMILES string of the molecule is COc1cccc(C(=O)C(C)=Cc2ccccc2)c1. The number of ether oxygens (including phenoxy) is 1. The van der Waals surface area contributed by atoms with Crippen molar-refractivity contribution in [3.05, 3.63) is 71.3 Å². The van der Waals surface area contributed by atoms with Crippen LogP contribution in [-0.4, -0.2) is 12.9 Å². The van der Waals surface area contributed by atoms with Crippen LogP contribution in [0.1, 0.15) is 22.8 Å². The van der Waals surface area contributed by atoms with E-state index in [1.807, 2.05) is 55.5 Å². The first kappa shape index (κ1) is 13.1. The van der Waals surface area contributed by atoms with Gasteiger partial charge in [-0.2, -0.15) is 0 Å². The quantitative estimate of drug-likeness (QED) is 0.607. The Bertz CT molecular complexity index is 598. The zero-order valence-electron chi connectivity index (χ0n) is 11.1. The summed E-state index contributed by atoms with van der Waals surface area (Å²) in [6, 6.07) is 17.0. The van der Waals surface area contributed by atoms with Crippen LogP contribution in [-0.2, 0) is 0 Å². The predicted octanol–water partition coefficient (Wildman–Crippen LogP) is 3.98. The van der Waals surface area contributed by atoms with Crippen LogP contribution in [0, 0.1) is 0 Å². The van der Waals surface area contributed by atoms with E-state index in [2.05, 4.69) is 0 Å². The zero-order chi connectivity index (χ0) is 13.7. The Kier molecular flexibility index (Phi) is 4.14. The van der Waals surface area contributed by atoms with Crippen molar-refractivity contribution in [2.45, 2.75) is 6.92 Å². The summed E-state index contributed by atoms with van der Waals surface area (Å²) in [5.74, 6) is 0.709. The molecule has 96 valence electrons. The lowest BCUT2D eigenvalue weighted by molar-refractivity contribution is 0.103. The van der Waals surface area contributed by atoms with Gasteiger partial charge < -0.3 is 4.74 Å². The van der Waals surface area contributed by atoms with Gasteiger partial charge in [-0.1, -0.05) is 42.5 Å². The first-order valence-electron chi connectivity index (χ1n) is 6.13. The summed E-state index contributed by atoms with van der Waals surface area (Å²) in [6.07, 6.45) is 1.89. The van der Waals surface area contributed by atoms with E-state index < -0.39 is 0 Å². The Morgan fingerprint density at radius 1 is 1.05 bits per heavy atom. The van der Waals surface area contributed by atoms with Gasteiger partial charge in [-0.25, -0.2) is 0 Å². The van der Waals surface area contributed by atoms with Crippen LogP contribution < -0.4 is 4.74 Å². The molecule has 0 saturated heterocycles. The summed E-state index contributed by atoms with van der Waals surface area (Å²) in [6.45, 7) is 1.83. The highest BCUT2D eigenvalue weighted by Gasteiger charge is 2.08. The number of methoxy groups -OCH3 is 1. The predicted molar refractivity (Wildman–Crippen MR) is 77.4 cm³/mol. The molecule has 2 heteroatoms. The Hall–Kier alpha value is -2.35. The van der Waals surface area contributed by atoms with Gasteiger partial charge in [0.2, 0.25) is 0 Å². The molecule has 0 saturated carbocycles. The van der Waals surface area contributed by atoms with Crippen LogP contribution in [0.25, 0.3) is 6.08 Å². The van der Waals surface area contributed by atoms with Gasteiger partial charge in [-0.3, -0.25) is 4.79 Å². The highest BCUT2D eigenvalue weighted by atomic mass is 16.5. The van der Waals surface area contributed by atoms with Gasteiger partial charge in [0.1, 0.15) is 5.75 Å². The average Bonchev–Trinajstić information content (AvgIpc) is 2.47. The highest BCUT2D eigenvalue weighted by molar-refractivity contribution is 6.11. The highest BCUT2D eigenvalue weighted by Crippen LogP contribution is 2.17. The summed E-state index contributed by atoms with van der Waals surface area (Å²) in [5.41, 5.74) is 2.37. The molecule has 0 aromatic heterocycles. The molecular formula is C17H16O2. The van der Waals surface area contributed by atoms with E-state index in [1.165, 1.54) is 0 Å². The molecule has 0 amide bonds. The maximum absolute atomic E-state index is 12.3. The average molecular weight is 252 g/mol. The molecular weight excluding hydrogens is 236 g/mol. The van der Waals surface area contributed by atoms with Crippen molar-refractivity contribution in [1.82, 2.24) is 0 Å². The minimum absolute atomic E-state index is 0.0164. The van der Waals surface area contributed by atoms with Crippen molar-refractivity contribution in [3.8, 4) is 5.75 Å². The first-order valence-corrected chi connectivity index (χ1v) is 6.13. The fourth-order valence-corrected chi connectivity index (χ4v) is 1.86. The number of carbonyl (C=O) groups excluding carboxylic acids is 1. The van der Waals surface area contributed by atoms with Crippen LogP contribution in [0.3, 0.4) is 0 Å². The van der Waals surface area contributed by atoms with Gasteiger partial charge in [-0.05, 0) is 36.3 Å². The lowest BCUT2D eigenvalue weighted by atomic mass is 10.0. The molecule has 0 spiro atoms. The zero-order valence-corrected chi connectivity index (χ0v) is 11.1. The van der Waals surface area contributed by atoms with Crippen LogP contribution in [0.4, 0.5) is 0 Å². The lowest BCUT2D eigenvalue weighted by Gasteiger charge is -2.04. The van der Waals surface area contributed by atoms with E-state index in [0.717, 1.165) is 5.56 Å². The largest absolute Gasteiger partial charge is 0.497 e. The van der Waals surface area contributed by atoms with Crippen LogP contribution in [0.5, 0.6) is 5.75 Å².